The molecule has 1 fully saturated rings. The summed E-state index contributed by atoms with van der Waals surface area (Å²) in [6.45, 7) is -0.418. The summed E-state index contributed by atoms with van der Waals surface area (Å²) in [7, 11) is -4.73. The van der Waals surface area contributed by atoms with E-state index < -0.39 is 21.4 Å². The number of aliphatic hydroxyl groups excluding tert-OH is 1. The highest BCUT2D eigenvalue weighted by atomic mass is 79.9. The zero-order valence-corrected chi connectivity index (χ0v) is 12.1. The smallest absolute Gasteiger partial charge is 0.307 e. The number of anilines is 1. The number of hydrogen-bond donors (Lipinski definition) is 1. The number of nitrogens with zero attached hydrogens (tertiary/aromatic N) is 1. The highest BCUT2D eigenvalue weighted by Crippen LogP contribution is 2.32. The molecule has 1 atom stereocenters. The summed E-state index contributed by atoms with van der Waals surface area (Å²) in [5.74, 6) is -0.456. The zero-order valence-electron chi connectivity index (χ0n) is 9.71. The first-order chi connectivity index (χ1) is 8.82. The number of benzene rings is 1. The third kappa shape index (κ3) is 2.96. The number of amides is 1. The van der Waals surface area contributed by atoms with Gasteiger partial charge in [-0.25, -0.2) is 0 Å². The molecule has 1 aliphatic rings. The van der Waals surface area contributed by atoms with Gasteiger partial charge in [0, 0.05) is 17.4 Å². The van der Waals surface area contributed by atoms with Gasteiger partial charge < -0.3 is 10.0 Å². The first-order valence-corrected chi connectivity index (χ1v) is 7.70. The van der Waals surface area contributed by atoms with Gasteiger partial charge >= 0.3 is 10.2 Å². The summed E-state index contributed by atoms with van der Waals surface area (Å²) in [5.41, 5.74) is 1.01. The number of halogens is 2. The van der Waals surface area contributed by atoms with Crippen molar-refractivity contribution in [2.75, 3.05) is 11.4 Å². The number of hydrogen-bond acceptors (Lipinski definition) is 4. The molecule has 1 heterocycles. The van der Waals surface area contributed by atoms with Crippen LogP contribution >= 0.6 is 15.9 Å². The van der Waals surface area contributed by atoms with Crippen molar-refractivity contribution >= 4 is 37.7 Å². The number of rotatable bonds is 3. The number of carbonyl (C=O) groups excluding carboxylic acids is 1. The van der Waals surface area contributed by atoms with Crippen LogP contribution in [0.4, 0.5) is 9.57 Å². The Kier molecular flexibility index (Phi) is 3.93. The molecular weight excluding hydrogens is 341 g/mol. The maximum Gasteiger partial charge on any atom is 0.307 e. The minimum atomic E-state index is -4.73. The van der Waals surface area contributed by atoms with Gasteiger partial charge in [0.15, 0.2) is 0 Å². The summed E-state index contributed by atoms with van der Waals surface area (Å²) < 4.78 is 35.3. The van der Waals surface area contributed by atoms with E-state index in [0.29, 0.717) is 15.7 Å². The third-order valence-electron chi connectivity index (χ3n) is 2.97. The SMILES string of the molecule is O=C1CC(S(=O)(=O)F)CN1c1cc(CO)ccc1Br. The molecule has 19 heavy (non-hydrogen) atoms. The van der Waals surface area contributed by atoms with Crippen molar-refractivity contribution in [3.8, 4) is 0 Å². The van der Waals surface area contributed by atoms with E-state index in [1.54, 1.807) is 18.2 Å². The van der Waals surface area contributed by atoms with Crippen LogP contribution in [0.25, 0.3) is 0 Å². The number of carbonyl (C=O) groups is 1. The average Bonchev–Trinajstić information content (AvgIpc) is 2.72. The van der Waals surface area contributed by atoms with Crippen LogP contribution in [0.5, 0.6) is 0 Å². The van der Waals surface area contributed by atoms with E-state index in [2.05, 4.69) is 15.9 Å². The van der Waals surface area contributed by atoms with E-state index in [4.69, 9.17) is 5.11 Å². The van der Waals surface area contributed by atoms with Crippen LogP contribution in [0.2, 0.25) is 0 Å². The quantitative estimate of drug-likeness (QED) is 0.834. The summed E-state index contributed by atoms with van der Waals surface area (Å²) in [5, 5.41) is 7.74. The van der Waals surface area contributed by atoms with E-state index in [1.165, 1.54) is 4.90 Å². The van der Waals surface area contributed by atoms with Gasteiger partial charge in [-0.2, -0.15) is 8.42 Å². The maximum atomic E-state index is 12.9. The number of aliphatic hydroxyl groups is 1. The van der Waals surface area contributed by atoms with Gasteiger partial charge in [0.2, 0.25) is 5.91 Å². The Hall–Kier alpha value is -0.990. The molecule has 1 saturated heterocycles. The van der Waals surface area contributed by atoms with Gasteiger partial charge in [0.05, 0.1) is 12.3 Å². The summed E-state index contributed by atoms with van der Waals surface area (Å²) in [4.78, 5) is 13.0. The van der Waals surface area contributed by atoms with Crippen molar-refractivity contribution in [1.29, 1.82) is 0 Å². The molecular formula is C11H11BrFNO4S. The largest absolute Gasteiger partial charge is 0.392 e. The molecule has 8 heteroatoms. The van der Waals surface area contributed by atoms with Crippen LogP contribution in [0, 0.1) is 0 Å². The zero-order chi connectivity index (χ0) is 14.2. The fourth-order valence-electron chi connectivity index (χ4n) is 1.96. The van der Waals surface area contributed by atoms with Crippen LogP contribution in [-0.2, 0) is 21.6 Å². The lowest BCUT2D eigenvalue weighted by molar-refractivity contribution is -0.117. The van der Waals surface area contributed by atoms with E-state index >= 15 is 0 Å². The van der Waals surface area contributed by atoms with Crippen LogP contribution in [0.1, 0.15) is 12.0 Å². The molecule has 1 aromatic carbocycles. The molecule has 1 aliphatic heterocycles. The molecule has 0 saturated carbocycles. The predicted molar refractivity (Wildman–Crippen MR) is 70.9 cm³/mol. The minimum Gasteiger partial charge on any atom is -0.392 e. The van der Waals surface area contributed by atoms with Crippen molar-refractivity contribution in [3.05, 3.63) is 28.2 Å². The van der Waals surface area contributed by atoms with Gasteiger partial charge in [-0.1, -0.05) is 6.07 Å². The molecule has 0 bridgehead atoms. The summed E-state index contributed by atoms with van der Waals surface area (Å²) in [6, 6.07) is 4.87. The summed E-state index contributed by atoms with van der Waals surface area (Å²) in [6.07, 6.45) is -0.366. The van der Waals surface area contributed by atoms with Gasteiger partial charge in [-0.15, -0.1) is 3.89 Å². The molecule has 0 spiro atoms. The van der Waals surface area contributed by atoms with Crippen molar-refractivity contribution in [2.45, 2.75) is 18.3 Å². The van der Waals surface area contributed by atoms with Crippen molar-refractivity contribution < 1.29 is 22.2 Å². The lowest BCUT2D eigenvalue weighted by Crippen LogP contribution is -2.27. The van der Waals surface area contributed by atoms with Crippen LogP contribution in [0.3, 0.4) is 0 Å². The highest BCUT2D eigenvalue weighted by molar-refractivity contribution is 9.10. The molecule has 2 rings (SSSR count). The van der Waals surface area contributed by atoms with Crippen LogP contribution < -0.4 is 4.90 Å². The average molecular weight is 352 g/mol. The molecule has 1 aromatic rings. The van der Waals surface area contributed by atoms with Gasteiger partial charge in [0.1, 0.15) is 5.25 Å². The fraction of sp³-hybridized carbons (Fsp3) is 0.364. The Morgan fingerprint density at radius 2 is 2.16 bits per heavy atom. The van der Waals surface area contributed by atoms with E-state index in [1.807, 2.05) is 0 Å². The molecule has 0 aromatic heterocycles. The minimum absolute atomic E-state index is 0.201. The Labute approximate surface area is 118 Å². The van der Waals surface area contributed by atoms with Crippen molar-refractivity contribution in [1.82, 2.24) is 0 Å². The monoisotopic (exact) mass is 351 g/mol. The molecule has 1 amide bonds. The Bertz CT molecular complexity index is 619. The maximum absolute atomic E-state index is 12.9. The van der Waals surface area contributed by atoms with Crippen LogP contribution in [-0.4, -0.2) is 31.2 Å². The third-order valence-corrected chi connectivity index (χ3v) is 4.75. The second-order valence-corrected chi connectivity index (χ2v) is 6.72. The molecule has 1 unspecified atom stereocenters. The molecule has 0 radical (unpaired) electrons. The normalized spacial score (nSPS) is 20.1. The van der Waals surface area contributed by atoms with Gasteiger partial charge in [-0.3, -0.25) is 4.79 Å². The van der Waals surface area contributed by atoms with E-state index in [0.717, 1.165) is 0 Å². The predicted octanol–water partition coefficient (Wildman–Crippen LogP) is 1.35. The van der Waals surface area contributed by atoms with Gasteiger partial charge in [0.25, 0.3) is 0 Å². The lowest BCUT2D eigenvalue weighted by Gasteiger charge is -2.18. The molecule has 1 N–H and O–H groups in total. The Morgan fingerprint density at radius 1 is 1.47 bits per heavy atom. The first-order valence-electron chi connectivity index (χ1n) is 5.46. The lowest BCUT2D eigenvalue weighted by atomic mass is 10.2. The fourth-order valence-corrected chi connectivity index (χ4v) is 3.09. The Balaban J connectivity index is 2.35. The van der Waals surface area contributed by atoms with Crippen LogP contribution in [0.15, 0.2) is 22.7 Å². The topological polar surface area (TPSA) is 74.7 Å². The molecule has 0 aliphatic carbocycles. The van der Waals surface area contributed by atoms with Gasteiger partial charge in [-0.05, 0) is 33.6 Å². The molecule has 5 nitrogen and oxygen atoms in total. The first kappa shape index (κ1) is 14.4. The van der Waals surface area contributed by atoms with Crippen molar-refractivity contribution in [2.24, 2.45) is 0 Å². The second kappa shape index (κ2) is 5.18. The summed E-state index contributed by atoms with van der Waals surface area (Å²) >= 11 is 3.25. The van der Waals surface area contributed by atoms with Crippen molar-refractivity contribution in [3.63, 3.8) is 0 Å². The van der Waals surface area contributed by atoms with E-state index in [9.17, 15) is 17.1 Å². The highest BCUT2D eigenvalue weighted by Gasteiger charge is 2.39. The molecule has 104 valence electrons. The Morgan fingerprint density at radius 3 is 2.68 bits per heavy atom. The van der Waals surface area contributed by atoms with E-state index in [-0.39, 0.29) is 19.6 Å². The standard InChI is InChI=1S/C11H11BrFNO4S/c12-9-2-1-7(6-15)3-10(9)14-5-8(4-11(14)16)19(13,17)18/h1-3,8,15H,4-6H2. The second-order valence-electron chi connectivity index (χ2n) is 4.25.